The van der Waals surface area contributed by atoms with E-state index in [-0.39, 0.29) is 42.3 Å². The Balaban J connectivity index is 1.31. The number of rotatable bonds is 6. The molecule has 2 saturated heterocycles. The summed E-state index contributed by atoms with van der Waals surface area (Å²) in [5, 5.41) is 27.6. The van der Waals surface area contributed by atoms with E-state index < -0.39 is 0 Å². The minimum atomic E-state index is -0.0398. The van der Waals surface area contributed by atoms with Gasteiger partial charge in [0, 0.05) is 56.7 Å². The number of hydrogen-bond acceptors (Lipinski definition) is 6. The normalized spacial score (nSPS) is 23.6. The number of nitrogens with zero attached hydrogens (tertiary/aromatic N) is 4. The largest absolute Gasteiger partial charge is 0.508 e. The molecule has 9 nitrogen and oxygen atoms in total. The number of likely N-dealkylation sites (tertiary alicyclic amines) is 2. The van der Waals surface area contributed by atoms with E-state index in [0.717, 1.165) is 55.7 Å². The fraction of sp³-hybridized carbons (Fsp3) is 0.577. The number of aliphatic hydroxyl groups is 1. The molecule has 3 fully saturated rings. The van der Waals surface area contributed by atoms with Crippen molar-refractivity contribution in [3.8, 4) is 11.4 Å². The van der Waals surface area contributed by atoms with E-state index in [4.69, 9.17) is 5.10 Å². The molecule has 2 amide bonds. The lowest BCUT2D eigenvalue weighted by molar-refractivity contribution is -0.119. The third-order valence-electron chi connectivity index (χ3n) is 7.64. The predicted octanol–water partition coefficient (Wildman–Crippen LogP) is 1.94. The number of phenolic OH excluding ortho intramolecular Hbond substituents is 1. The molecule has 1 aliphatic carbocycles. The number of aromatic hydroxyl groups is 1. The predicted molar refractivity (Wildman–Crippen MR) is 131 cm³/mol. The standard InChI is InChI=1S/C26H35N5O4/c1-16-24(25(18-6-7-18)31(28-16)21-4-3-5-23(34)13-21)26(35)29-10-8-20(9-11-29)30-14-19(27-17(2)33)12-22(30)15-32/h3-5,13,18-20,22,32,34H,6-12,14-15H2,1-2H3,(H,27,33)/t19-,22+/m1/s1. The van der Waals surface area contributed by atoms with E-state index in [1.54, 1.807) is 18.2 Å². The van der Waals surface area contributed by atoms with Crippen LogP contribution in [0.4, 0.5) is 0 Å². The van der Waals surface area contributed by atoms with Crippen LogP contribution in [-0.4, -0.2) is 86.0 Å². The molecule has 188 valence electrons. The summed E-state index contributed by atoms with van der Waals surface area (Å²) in [7, 11) is 0. The third-order valence-corrected chi connectivity index (χ3v) is 7.64. The monoisotopic (exact) mass is 481 g/mol. The number of phenols is 1. The molecule has 2 aliphatic heterocycles. The van der Waals surface area contributed by atoms with E-state index >= 15 is 0 Å². The summed E-state index contributed by atoms with van der Waals surface area (Å²) in [6.07, 6.45) is 4.52. The van der Waals surface area contributed by atoms with Gasteiger partial charge in [-0.2, -0.15) is 5.10 Å². The first-order valence-corrected chi connectivity index (χ1v) is 12.7. The highest BCUT2D eigenvalue weighted by Crippen LogP contribution is 2.44. The van der Waals surface area contributed by atoms with Crippen LogP contribution in [-0.2, 0) is 4.79 Å². The number of aromatic nitrogens is 2. The highest BCUT2D eigenvalue weighted by atomic mass is 16.3. The average Bonchev–Trinajstić information content (AvgIpc) is 3.51. The summed E-state index contributed by atoms with van der Waals surface area (Å²) in [6.45, 7) is 5.55. The first-order chi connectivity index (χ1) is 16.9. The molecular formula is C26H35N5O4. The number of nitrogens with one attached hydrogen (secondary N) is 1. The Hall–Kier alpha value is -2.91. The van der Waals surface area contributed by atoms with Gasteiger partial charge >= 0.3 is 0 Å². The molecule has 3 aliphatic rings. The van der Waals surface area contributed by atoms with Crippen molar-refractivity contribution in [2.45, 2.75) is 70.0 Å². The van der Waals surface area contributed by atoms with Crippen LogP contribution >= 0.6 is 0 Å². The fourth-order valence-corrected chi connectivity index (χ4v) is 5.88. The second-order valence-corrected chi connectivity index (χ2v) is 10.2. The summed E-state index contributed by atoms with van der Waals surface area (Å²) in [5.74, 6) is 0.486. The van der Waals surface area contributed by atoms with Crippen molar-refractivity contribution in [2.24, 2.45) is 0 Å². The number of carbonyl (C=O) groups is 2. The number of benzene rings is 1. The molecule has 5 rings (SSSR count). The van der Waals surface area contributed by atoms with Gasteiger partial charge in [-0.25, -0.2) is 4.68 Å². The van der Waals surface area contributed by atoms with Crippen LogP contribution in [0.15, 0.2) is 24.3 Å². The zero-order chi connectivity index (χ0) is 24.7. The summed E-state index contributed by atoms with van der Waals surface area (Å²) in [4.78, 5) is 29.5. The van der Waals surface area contributed by atoms with E-state index in [1.165, 1.54) is 6.92 Å². The van der Waals surface area contributed by atoms with Crippen LogP contribution < -0.4 is 5.32 Å². The summed E-state index contributed by atoms with van der Waals surface area (Å²) in [5.41, 5.74) is 3.15. The van der Waals surface area contributed by atoms with Gasteiger partial charge in [0.1, 0.15) is 5.75 Å². The van der Waals surface area contributed by atoms with Gasteiger partial charge in [0.05, 0.1) is 29.2 Å². The molecule has 0 spiro atoms. The van der Waals surface area contributed by atoms with Crippen LogP contribution in [0.25, 0.3) is 5.69 Å². The number of piperidine rings is 1. The lowest BCUT2D eigenvalue weighted by Gasteiger charge is -2.39. The minimum absolute atomic E-state index is 0.0329. The molecule has 1 saturated carbocycles. The van der Waals surface area contributed by atoms with Crippen LogP contribution in [0.2, 0.25) is 0 Å². The van der Waals surface area contributed by atoms with Crippen molar-refractivity contribution in [3.63, 3.8) is 0 Å². The molecule has 9 heteroatoms. The summed E-state index contributed by atoms with van der Waals surface area (Å²) in [6, 6.07) is 7.40. The number of hydrogen-bond donors (Lipinski definition) is 3. The molecule has 0 radical (unpaired) electrons. The summed E-state index contributed by atoms with van der Waals surface area (Å²) < 4.78 is 1.84. The Bertz CT molecular complexity index is 1100. The van der Waals surface area contributed by atoms with Gasteiger partial charge in [0.2, 0.25) is 5.91 Å². The zero-order valence-corrected chi connectivity index (χ0v) is 20.5. The lowest BCUT2D eigenvalue weighted by Crippen LogP contribution is -2.49. The first-order valence-electron chi connectivity index (χ1n) is 12.7. The Kier molecular flexibility index (Phi) is 6.55. The van der Waals surface area contributed by atoms with Gasteiger partial charge < -0.3 is 20.4 Å². The van der Waals surface area contributed by atoms with E-state index in [9.17, 15) is 19.8 Å². The average molecular weight is 482 g/mol. The molecule has 0 bridgehead atoms. The van der Waals surface area contributed by atoms with E-state index in [0.29, 0.717) is 24.6 Å². The van der Waals surface area contributed by atoms with Gasteiger partial charge in [-0.3, -0.25) is 14.5 Å². The molecule has 3 N–H and O–H groups in total. The lowest BCUT2D eigenvalue weighted by atomic mass is 10.0. The van der Waals surface area contributed by atoms with Gasteiger partial charge in [0.25, 0.3) is 5.91 Å². The third kappa shape index (κ3) is 4.79. The molecule has 2 aromatic rings. The first kappa shape index (κ1) is 23.8. The second kappa shape index (κ2) is 9.62. The van der Waals surface area contributed by atoms with Crippen molar-refractivity contribution in [3.05, 3.63) is 41.2 Å². The van der Waals surface area contributed by atoms with Crippen molar-refractivity contribution in [2.75, 3.05) is 26.2 Å². The van der Waals surface area contributed by atoms with Crippen molar-refractivity contribution in [1.82, 2.24) is 24.9 Å². The van der Waals surface area contributed by atoms with Crippen molar-refractivity contribution in [1.29, 1.82) is 0 Å². The van der Waals surface area contributed by atoms with E-state index in [2.05, 4.69) is 10.2 Å². The maximum Gasteiger partial charge on any atom is 0.257 e. The minimum Gasteiger partial charge on any atom is -0.508 e. The number of amides is 2. The Morgan fingerprint density at radius 2 is 1.91 bits per heavy atom. The van der Waals surface area contributed by atoms with Crippen LogP contribution in [0, 0.1) is 6.92 Å². The number of carbonyl (C=O) groups excluding carboxylic acids is 2. The molecule has 2 atom stereocenters. The highest BCUT2D eigenvalue weighted by molar-refractivity contribution is 5.97. The second-order valence-electron chi connectivity index (χ2n) is 10.2. The molecule has 1 aromatic heterocycles. The maximum atomic E-state index is 13.7. The Morgan fingerprint density at radius 1 is 1.17 bits per heavy atom. The van der Waals surface area contributed by atoms with Gasteiger partial charge in [-0.1, -0.05) is 6.07 Å². The SMILES string of the molecule is CC(=O)N[C@@H]1C[C@@H](CO)N(C2CCN(C(=O)c3c(C)nn(-c4cccc(O)c4)c3C3CC3)CC2)C1. The molecular weight excluding hydrogens is 446 g/mol. The topological polar surface area (TPSA) is 111 Å². The van der Waals surface area contributed by atoms with Crippen LogP contribution in [0.5, 0.6) is 5.75 Å². The van der Waals surface area contributed by atoms with Gasteiger partial charge in [-0.15, -0.1) is 0 Å². The van der Waals surface area contributed by atoms with E-state index in [1.807, 2.05) is 22.6 Å². The molecule has 0 unspecified atom stereocenters. The molecule has 35 heavy (non-hydrogen) atoms. The van der Waals surface area contributed by atoms with Crippen molar-refractivity contribution >= 4 is 11.8 Å². The van der Waals surface area contributed by atoms with Crippen LogP contribution in [0.3, 0.4) is 0 Å². The van der Waals surface area contributed by atoms with Crippen molar-refractivity contribution < 1.29 is 19.8 Å². The van der Waals surface area contributed by atoms with Crippen LogP contribution in [0.1, 0.15) is 66.7 Å². The molecule has 3 heterocycles. The van der Waals surface area contributed by atoms with Gasteiger partial charge in [-0.05, 0) is 51.2 Å². The zero-order valence-electron chi connectivity index (χ0n) is 20.5. The number of aryl methyl sites for hydroxylation is 1. The summed E-state index contributed by atoms with van der Waals surface area (Å²) >= 11 is 0. The fourth-order valence-electron chi connectivity index (χ4n) is 5.88. The Morgan fingerprint density at radius 3 is 2.54 bits per heavy atom. The highest BCUT2D eigenvalue weighted by Gasteiger charge is 2.40. The Labute approximate surface area is 205 Å². The smallest absolute Gasteiger partial charge is 0.257 e. The quantitative estimate of drug-likeness (QED) is 0.582. The van der Waals surface area contributed by atoms with Gasteiger partial charge in [0.15, 0.2) is 0 Å². The molecule has 1 aromatic carbocycles. The number of aliphatic hydroxyl groups excluding tert-OH is 1. The maximum absolute atomic E-state index is 13.7.